The first-order chi connectivity index (χ1) is 12.3. The first-order valence-electron chi connectivity index (χ1n) is 8.86. The molecule has 1 saturated heterocycles. The molecule has 0 spiro atoms. The minimum absolute atomic E-state index is 0.452. The smallest absolute Gasteiger partial charge is 0.225 e. The summed E-state index contributed by atoms with van der Waals surface area (Å²) in [6.07, 6.45) is 3.60. The molecule has 3 heterocycles. The molecule has 0 bridgehead atoms. The van der Waals surface area contributed by atoms with Gasteiger partial charge >= 0.3 is 0 Å². The largest absolute Gasteiger partial charge is 0.357 e. The summed E-state index contributed by atoms with van der Waals surface area (Å²) in [5.41, 5.74) is 0. The first kappa shape index (κ1) is 17.7. The van der Waals surface area contributed by atoms with Crippen molar-refractivity contribution in [1.29, 1.82) is 0 Å². The number of hydrogen-bond acceptors (Lipinski definition) is 5. The van der Waals surface area contributed by atoms with Gasteiger partial charge in [0.25, 0.3) is 0 Å². The lowest BCUT2D eigenvalue weighted by atomic mass is 10.1. The maximum absolute atomic E-state index is 4.88. The van der Waals surface area contributed by atoms with E-state index in [1.54, 1.807) is 23.7 Å². The van der Waals surface area contributed by atoms with Crippen LogP contribution in [0.3, 0.4) is 0 Å². The van der Waals surface area contributed by atoms with Crippen LogP contribution in [0.4, 0.5) is 5.95 Å². The second-order valence-electron chi connectivity index (χ2n) is 6.13. The van der Waals surface area contributed by atoms with Gasteiger partial charge in [-0.2, -0.15) is 0 Å². The van der Waals surface area contributed by atoms with E-state index in [1.807, 2.05) is 6.07 Å². The Labute approximate surface area is 153 Å². The lowest BCUT2D eigenvalue weighted by Gasteiger charge is -2.36. The van der Waals surface area contributed by atoms with E-state index in [1.165, 1.54) is 4.88 Å². The van der Waals surface area contributed by atoms with Gasteiger partial charge in [0.05, 0.1) is 6.54 Å². The summed E-state index contributed by atoms with van der Waals surface area (Å²) in [7, 11) is 0. The van der Waals surface area contributed by atoms with E-state index < -0.39 is 0 Å². The Morgan fingerprint density at radius 1 is 1.24 bits per heavy atom. The van der Waals surface area contributed by atoms with Gasteiger partial charge in [-0.15, -0.1) is 11.3 Å². The third-order valence-electron chi connectivity index (χ3n) is 4.29. The predicted octanol–water partition coefficient (Wildman–Crippen LogP) is 2.43. The molecule has 1 aliphatic rings. The highest BCUT2D eigenvalue weighted by Gasteiger charge is 2.21. The van der Waals surface area contributed by atoms with Crippen molar-refractivity contribution in [3.63, 3.8) is 0 Å². The molecule has 6 nitrogen and oxygen atoms in total. The van der Waals surface area contributed by atoms with Crippen LogP contribution in [0, 0.1) is 0 Å². The Bertz CT molecular complexity index is 649. The van der Waals surface area contributed by atoms with E-state index in [0.29, 0.717) is 5.92 Å². The lowest BCUT2D eigenvalue weighted by molar-refractivity contribution is 0.370. The standard InChI is InChI=1S/C18H26N6S/c1-3-19-17(22-14-15(2)16-6-4-13-25-16)23-9-11-24(12-10-23)18-20-7-5-8-21-18/h4-8,13,15H,3,9-12,14H2,1-2H3,(H,19,22). The molecular formula is C18H26N6S. The minimum atomic E-state index is 0.452. The zero-order chi connectivity index (χ0) is 17.5. The molecule has 7 heteroatoms. The molecule has 134 valence electrons. The number of nitrogens with zero attached hydrogens (tertiary/aromatic N) is 5. The van der Waals surface area contributed by atoms with Crippen molar-refractivity contribution in [1.82, 2.24) is 20.2 Å². The molecule has 0 saturated carbocycles. The maximum Gasteiger partial charge on any atom is 0.225 e. The topological polar surface area (TPSA) is 56.7 Å². The highest BCUT2D eigenvalue weighted by atomic mass is 32.1. The Balaban J connectivity index is 1.59. The molecule has 1 unspecified atom stereocenters. The van der Waals surface area contributed by atoms with Crippen LogP contribution in [0.1, 0.15) is 24.6 Å². The normalized spacial score (nSPS) is 16.8. The van der Waals surface area contributed by atoms with Gasteiger partial charge in [-0.1, -0.05) is 13.0 Å². The van der Waals surface area contributed by atoms with Crippen molar-refractivity contribution in [2.75, 3.05) is 44.2 Å². The van der Waals surface area contributed by atoms with Crippen LogP contribution in [0.25, 0.3) is 0 Å². The molecule has 2 aromatic heterocycles. The van der Waals surface area contributed by atoms with Gasteiger partial charge in [-0.3, -0.25) is 4.99 Å². The molecule has 1 atom stereocenters. The summed E-state index contributed by atoms with van der Waals surface area (Å²) >= 11 is 1.81. The van der Waals surface area contributed by atoms with Gasteiger partial charge in [-0.25, -0.2) is 9.97 Å². The summed E-state index contributed by atoms with van der Waals surface area (Å²) in [6.45, 7) is 9.73. The fourth-order valence-electron chi connectivity index (χ4n) is 2.88. The average Bonchev–Trinajstić information content (AvgIpc) is 3.21. The van der Waals surface area contributed by atoms with E-state index in [0.717, 1.165) is 51.2 Å². The second-order valence-corrected chi connectivity index (χ2v) is 7.11. The van der Waals surface area contributed by atoms with E-state index >= 15 is 0 Å². The third kappa shape index (κ3) is 4.69. The Morgan fingerprint density at radius 2 is 2.00 bits per heavy atom. The van der Waals surface area contributed by atoms with Crippen molar-refractivity contribution in [2.24, 2.45) is 4.99 Å². The second kappa shape index (κ2) is 8.80. The van der Waals surface area contributed by atoms with Gasteiger partial charge in [0.2, 0.25) is 5.95 Å². The number of thiophene rings is 1. The summed E-state index contributed by atoms with van der Waals surface area (Å²) in [5.74, 6) is 2.28. The van der Waals surface area contributed by atoms with Crippen molar-refractivity contribution in [3.8, 4) is 0 Å². The minimum Gasteiger partial charge on any atom is -0.357 e. The Morgan fingerprint density at radius 3 is 2.64 bits per heavy atom. The quantitative estimate of drug-likeness (QED) is 0.657. The van der Waals surface area contributed by atoms with Crippen LogP contribution >= 0.6 is 11.3 Å². The van der Waals surface area contributed by atoms with Crippen LogP contribution in [0.2, 0.25) is 0 Å². The summed E-state index contributed by atoms with van der Waals surface area (Å²) < 4.78 is 0. The molecule has 0 radical (unpaired) electrons. The molecule has 1 aliphatic heterocycles. The van der Waals surface area contributed by atoms with E-state index in [-0.39, 0.29) is 0 Å². The highest BCUT2D eigenvalue weighted by molar-refractivity contribution is 7.10. The van der Waals surface area contributed by atoms with E-state index in [4.69, 9.17) is 4.99 Å². The molecule has 0 aliphatic carbocycles. The monoisotopic (exact) mass is 358 g/mol. The number of nitrogens with one attached hydrogen (secondary N) is 1. The van der Waals surface area contributed by atoms with Crippen LogP contribution in [-0.4, -0.2) is 60.1 Å². The maximum atomic E-state index is 4.88. The molecule has 1 fully saturated rings. The fraction of sp³-hybridized carbons (Fsp3) is 0.500. The lowest BCUT2D eigenvalue weighted by Crippen LogP contribution is -2.53. The molecule has 25 heavy (non-hydrogen) atoms. The fourth-order valence-corrected chi connectivity index (χ4v) is 3.66. The molecular weight excluding hydrogens is 332 g/mol. The SMILES string of the molecule is CCNC(=NCC(C)c1cccs1)N1CCN(c2ncccn2)CC1. The Kier molecular flexibility index (Phi) is 6.22. The van der Waals surface area contributed by atoms with Crippen LogP contribution in [0.15, 0.2) is 41.0 Å². The van der Waals surface area contributed by atoms with Gasteiger partial charge in [0.1, 0.15) is 0 Å². The third-order valence-corrected chi connectivity index (χ3v) is 5.40. The van der Waals surface area contributed by atoms with Crippen LogP contribution in [0.5, 0.6) is 0 Å². The number of rotatable bonds is 5. The van der Waals surface area contributed by atoms with Gasteiger partial charge < -0.3 is 15.1 Å². The number of anilines is 1. The number of aromatic nitrogens is 2. The predicted molar refractivity (Wildman–Crippen MR) is 105 cm³/mol. The molecule has 2 aromatic rings. The molecule has 1 N–H and O–H groups in total. The number of guanidine groups is 1. The summed E-state index contributed by atoms with van der Waals surface area (Å²) in [5, 5.41) is 5.57. The number of hydrogen-bond donors (Lipinski definition) is 1. The Hall–Kier alpha value is -2.15. The molecule has 3 rings (SSSR count). The van der Waals surface area contributed by atoms with E-state index in [2.05, 4.69) is 56.4 Å². The summed E-state index contributed by atoms with van der Waals surface area (Å²) in [6, 6.07) is 6.15. The first-order valence-corrected chi connectivity index (χ1v) is 9.74. The van der Waals surface area contributed by atoms with Crippen LogP contribution in [-0.2, 0) is 0 Å². The van der Waals surface area contributed by atoms with E-state index in [9.17, 15) is 0 Å². The zero-order valence-corrected chi connectivity index (χ0v) is 15.7. The van der Waals surface area contributed by atoms with Crippen molar-refractivity contribution >= 4 is 23.2 Å². The van der Waals surface area contributed by atoms with Crippen molar-refractivity contribution in [2.45, 2.75) is 19.8 Å². The summed E-state index contributed by atoms with van der Waals surface area (Å²) in [4.78, 5) is 19.5. The average molecular weight is 359 g/mol. The number of aliphatic imine (C=N–C) groups is 1. The number of piperazine rings is 1. The van der Waals surface area contributed by atoms with Gasteiger partial charge in [-0.05, 0) is 24.4 Å². The van der Waals surface area contributed by atoms with Crippen molar-refractivity contribution in [3.05, 3.63) is 40.8 Å². The zero-order valence-electron chi connectivity index (χ0n) is 14.9. The van der Waals surface area contributed by atoms with Crippen molar-refractivity contribution < 1.29 is 0 Å². The van der Waals surface area contributed by atoms with Crippen LogP contribution < -0.4 is 10.2 Å². The van der Waals surface area contributed by atoms with Gasteiger partial charge in [0.15, 0.2) is 5.96 Å². The highest BCUT2D eigenvalue weighted by Crippen LogP contribution is 2.21. The molecule has 0 aromatic carbocycles. The molecule has 0 amide bonds. The van der Waals surface area contributed by atoms with Gasteiger partial charge in [0, 0.05) is 55.9 Å².